The largest absolute Gasteiger partial charge is 0.343 e. The summed E-state index contributed by atoms with van der Waals surface area (Å²) >= 11 is 0. The molecule has 124 valence electrons. The van der Waals surface area contributed by atoms with Crippen molar-refractivity contribution in [2.75, 3.05) is 27.2 Å². The molecule has 1 amide bonds. The van der Waals surface area contributed by atoms with Crippen molar-refractivity contribution in [3.05, 3.63) is 36.5 Å². The Kier molecular flexibility index (Phi) is 3.49. The number of hydrogen-bond acceptors (Lipinski definition) is 6. The number of hydrogen-bond donors (Lipinski definition) is 1. The van der Waals surface area contributed by atoms with Crippen molar-refractivity contribution in [3.63, 3.8) is 0 Å². The molecule has 1 fully saturated rings. The van der Waals surface area contributed by atoms with Crippen LogP contribution in [0.3, 0.4) is 0 Å². The van der Waals surface area contributed by atoms with Crippen LogP contribution >= 0.6 is 0 Å². The molecule has 1 aliphatic heterocycles. The van der Waals surface area contributed by atoms with E-state index in [0.717, 1.165) is 5.52 Å². The molecule has 2 atom stereocenters. The van der Waals surface area contributed by atoms with Gasteiger partial charge in [0.1, 0.15) is 5.69 Å². The molecule has 0 spiro atoms. The highest BCUT2D eigenvalue weighted by atomic mass is 16.2. The summed E-state index contributed by atoms with van der Waals surface area (Å²) in [6, 6.07) is 3.80. The average Bonchev–Trinajstić information content (AvgIpc) is 3.31. The van der Waals surface area contributed by atoms with Crippen LogP contribution in [0.15, 0.2) is 30.9 Å². The molecule has 0 radical (unpaired) electrons. The lowest BCUT2D eigenvalue weighted by molar-refractivity contribution is 0.0775. The predicted octanol–water partition coefficient (Wildman–Crippen LogP) is 0.177. The standard InChI is InChI=1S/C15H18N8O/c1-21(2)12-7-22(8-13(12)23-6-5-18-20-23)15(24)11-4-3-10-14(19-11)17-9-16-10/h3-6,9,12-13H,7-8H2,1-2H3,(H,16,17,19)/t12-,13+/m1/s1. The van der Waals surface area contributed by atoms with Gasteiger partial charge in [-0.05, 0) is 26.2 Å². The quantitative estimate of drug-likeness (QED) is 0.737. The van der Waals surface area contributed by atoms with E-state index in [4.69, 9.17) is 0 Å². The number of aromatic amines is 1. The van der Waals surface area contributed by atoms with Gasteiger partial charge in [0.15, 0.2) is 5.65 Å². The summed E-state index contributed by atoms with van der Waals surface area (Å²) in [6.07, 6.45) is 5.07. The maximum absolute atomic E-state index is 12.9. The number of likely N-dealkylation sites (N-methyl/N-ethyl adjacent to an activating group) is 1. The number of imidazole rings is 1. The number of amides is 1. The minimum Gasteiger partial charge on any atom is -0.343 e. The molecule has 9 nitrogen and oxygen atoms in total. The summed E-state index contributed by atoms with van der Waals surface area (Å²) in [4.78, 5) is 28.2. The second kappa shape index (κ2) is 5.68. The van der Waals surface area contributed by atoms with Crippen molar-refractivity contribution < 1.29 is 4.79 Å². The number of rotatable bonds is 3. The third-order valence-corrected chi connectivity index (χ3v) is 4.49. The van der Waals surface area contributed by atoms with Crippen LogP contribution < -0.4 is 0 Å². The zero-order chi connectivity index (χ0) is 16.7. The van der Waals surface area contributed by atoms with E-state index in [2.05, 4.69) is 30.2 Å². The Labute approximate surface area is 138 Å². The van der Waals surface area contributed by atoms with Gasteiger partial charge in [-0.1, -0.05) is 5.21 Å². The van der Waals surface area contributed by atoms with E-state index in [1.54, 1.807) is 18.6 Å². The summed E-state index contributed by atoms with van der Waals surface area (Å²) in [7, 11) is 4.02. The van der Waals surface area contributed by atoms with Gasteiger partial charge in [0.05, 0.1) is 30.1 Å². The van der Waals surface area contributed by atoms with Crippen LogP contribution in [0, 0.1) is 0 Å². The van der Waals surface area contributed by atoms with Gasteiger partial charge >= 0.3 is 0 Å². The van der Waals surface area contributed by atoms with E-state index < -0.39 is 0 Å². The third kappa shape index (κ3) is 2.42. The molecule has 0 saturated carbocycles. The Morgan fingerprint density at radius 3 is 2.96 bits per heavy atom. The number of nitrogens with one attached hydrogen (secondary N) is 1. The second-order valence-corrected chi connectivity index (χ2v) is 6.16. The van der Waals surface area contributed by atoms with Crippen molar-refractivity contribution in [3.8, 4) is 0 Å². The van der Waals surface area contributed by atoms with Gasteiger partial charge in [0.25, 0.3) is 5.91 Å². The number of likely N-dealkylation sites (tertiary alicyclic amines) is 1. The first-order valence-corrected chi connectivity index (χ1v) is 7.75. The molecular formula is C15H18N8O. The first kappa shape index (κ1) is 14.8. The Balaban J connectivity index is 1.60. The van der Waals surface area contributed by atoms with E-state index in [1.165, 1.54) is 0 Å². The van der Waals surface area contributed by atoms with Crippen molar-refractivity contribution in [1.82, 2.24) is 39.7 Å². The highest BCUT2D eigenvalue weighted by Gasteiger charge is 2.38. The van der Waals surface area contributed by atoms with Crippen LogP contribution in [0.4, 0.5) is 0 Å². The first-order valence-electron chi connectivity index (χ1n) is 7.75. The van der Waals surface area contributed by atoms with Crippen LogP contribution in [-0.2, 0) is 0 Å². The minimum absolute atomic E-state index is 0.0700. The summed E-state index contributed by atoms with van der Waals surface area (Å²) in [5.74, 6) is -0.0886. The highest BCUT2D eigenvalue weighted by molar-refractivity contribution is 5.94. The molecule has 9 heteroatoms. The maximum Gasteiger partial charge on any atom is 0.272 e. The Morgan fingerprint density at radius 1 is 1.33 bits per heavy atom. The molecule has 3 aromatic heterocycles. The third-order valence-electron chi connectivity index (χ3n) is 4.49. The molecule has 0 bridgehead atoms. The molecule has 1 N–H and O–H groups in total. The molecule has 4 rings (SSSR count). The van der Waals surface area contributed by atoms with Crippen molar-refractivity contribution in [2.45, 2.75) is 12.1 Å². The molecule has 1 saturated heterocycles. The topological polar surface area (TPSA) is 95.8 Å². The number of carbonyl (C=O) groups is 1. The molecule has 24 heavy (non-hydrogen) atoms. The normalized spacial score (nSPS) is 21.0. The van der Waals surface area contributed by atoms with Gasteiger partial charge in [-0.25, -0.2) is 14.6 Å². The molecular weight excluding hydrogens is 308 g/mol. The van der Waals surface area contributed by atoms with E-state index >= 15 is 0 Å². The summed E-state index contributed by atoms with van der Waals surface area (Å²) < 4.78 is 1.82. The van der Waals surface area contributed by atoms with E-state index in [-0.39, 0.29) is 18.0 Å². The molecule has 0 unspecified atom stereocenters. The Bertz CT molecular complexity index is 855. The van der Waals surface area contributed by atoms with Crippen molar-refractivity contribution in [1.29, 1.82) is 0 Å². The number of H-pyrrole nitrogens is 1. The molecule has 0 aliphatic carbocycles. The lowest BCUT2D eigenvalue weighted by Gasteiger charge is -2.24. The van der Waals surface area contributed by atoms with Gasteiger partial charge < -0.3 is 14.8 Å². The van der Waals surface area contributed by atoms with Crippen LogP contribution in [0.5, 0.6) is 0 Å². The Morgan fingerprint density at radius 2 is 2.21 bits per heavy atom. The number of pyridine rings is 1. The average molecular weight is 326 g/mol. The smallest absolute Gasteiger partial charge is 0.272 e. The lowest BCUT2D eigenvalue weighted by Crippen LogP contribution is -2.37. The second-order valence-electron chi connectivity index (χ2n) is 6.16. The van der Waals surface area contributed by atoms with Gasteiger partial charge in [0, 0.05) is 19.3 Å². The summed E-state index contributed by atoms with van der Waals surface area (Å²) in [6.45, 7) is 1.20. The van der Waals surface area contributed by atoms with Crippen molar-refractivity contribution in [2.24, 2.45) is 0 Å². The monoisotopic (exact) mass is 326 g/mol. The summed E-state index contributed by atoms with van der Waals surface area (Å²) in [5, 5.41) is 7.99. The zero-order valence-corrected chi connectivity index (χ0v) is 13.5. The highest BCUT2D eigenvalue weighted by Crippen LogP contribution is 2.25. The molecule has 0 aromatic carbocycles. The van der Waals surface area contributed by atoms with E-state index in [1.807, 2.05) is 35.9 Å². The zero-order valence-electron chi connectivity index (χ0n) is 13.5. The van der Waals surface area contributed by atoms with Crippen LogP contribution in [0.1, 0.15) is 16.5 Å². The van der Waals surface area contributed by atoms with Gasteiger partial charge in [0.2, 0.25) is 0 Å². The molecule has 4 heterocycles. The molecule has 1 aliphatic rings. The van der Waals surface area contributed by atoms with Crippen LogP contribution in [0.25, 0.3) is 11.2 Å². The SMILES string of the molecule is CN(C)[C@@H]1CN(C(=O)c2ccc3[nH]cnc3n2)C[C@@H]1n1ccnn1. The number of fused-ring (bicyclic) bond motifs is 1. The van der Waals surface area contributed by atoms with Crippen LogP contribution in [-0.4, -0.2) is 78.9 Å². The number of nitrogens with zero attached hydrogens (tertiary/aromatic N) is 7. The van der Waals surface area contributed by atoms with Crippen molar-refractivity contribution >= 4 is 17.1 Å². The fourth-order valence-corrected chi connectivity index (χ4v) is 3.20. The van der Waals surface area contributed by atoms with E-state index in [0.29, 0.717) is 24.4 Å². The van der Waals surface area contributed by atoms with Gasteiger partial charge in [-0.3, -0.25) is 4.79 Å². The summed E-state index contributed by atoms with van der Waals surface area (Å²) in [5.41, 5.74) is 1.78. The molecule has 3 aromatic rings. The fraction of sp³-hybridized carbons (Fsp3) is 0.400. The number of carbonyl (C=O) groups excluding carboxylic acids is 1. The minimum atomic E-state index is -0.0886. The maximum atomic E-state index is 12.9. The van der Waals surface area contributed by atoms with E-state index in [9.17, 15) is 4.79 Å². The van der Waals surface area contributed by atoms with Crippen LogP contribution in [0.2, 0.25) is 0 Å². The fourth-order valence-electron chi connectivity index (χ4n) is 3.20. The predicted molar refractivity (Wildman–Crippen MR) is 86.3 cm³/mol. The van der Waals surface area contributed by atoms with Gasteiger partial charge in [-0.2, -0.15) is 0 Å². The Hall–Kier alpha value is -2.81. The first-order chi connectivity index (χ1) is 11.6. The number of aromatic nitrogens is 6. The lowest BCUT2D eigenvalue weighted by atomic mass is 10.1. The van der Waals surface area contributed by atoms with Gasteiger partial charge in [-0.15, -0.1) is 5.10 Å².